The van der Waals surface area contributed by atoms with Crippen molar-refractivity contribution < 1.29 is 5.11 Å². The zero-order chi connectivity index (χ0) is 21.1. The molecule has 2 aromatic carbocycles. The third kappa shape index (κ3) is 3.89. The lowest BCUT2D eigenvalue weighted by Crippen LogP contribution is -2.25. The monoisotopic (exact) mass is 404 g/mol. The summed E-state index contributed by atoms with van der Waals surface area (Å²) in [6.07, 6.45) is 4.98. The Morgan fingerprint density at radius 3 is 2.62 bits per heavy atom. The molecule has 0 aliphatic rings. The average molecular weight is 405 g/mol. The Labute approximate surface area is 172 Å². The van der Waals surface area contributed by atoms with Crippen molar-refractivity contribution >= 4 is 36.5 Å². The number of fused-ring (bicyclic) bond motifs is 1. The van der Waals surface area contributed by atoms with Crippen LogP contribution < -0.4 is 16.5 Å². The summed E-state index contributed by atoms with van der Waals surface area (Å²) < 4.78 is 1.56. The van der Waals surface area contributed by atoms with E-state index in [0.717, 1.165) is 33.7 Å². The van der Waals surface area contributed by atoms with Crippen LogP contribution in [0.5, 0.6) is 5.75 Å². The van der Waals surface area contributed by atoms with Gasteiger partial charge in [-0.25, -0.2) is 0 Å². The maximum atomic E-state index is 12.7. The molecule has 1 radical (unpaired) electrons. The van der Waals surface area contributed by atoms with Crippen LogP contribution in [0.15, 0.2) is 58.6 Å². The lowest BCUT2D eigenvalue weighted by Gasteiger charge is -2.15. The van der Waals surface area contributed by atoms with Gasteiger partial charge in [0.25, 0.3) is 5.56 Å². The van der Waals surface area contributed by atoms with Crippen LogP contribution in [0, 0.1) is 0 Å². The minimum absolute atomic E-state index is 0.0813. The first-order valence-electron chi connectivity index (χ1n) is 9.55. The van der Waals surface area contributed by atoms with Gasteiger partial charge >= 0.3 is 0 Å². The van der Waals surface area contributed by atoms with Gasteiger partial charge < -0.3 is 15.4 Å². The third-order valence-electron chi connectivity index (χ3n) is 5.27. The van der Waals surface area contributed by atoms with Gasteiger partial charge in [0.1, 0.15) is 5.75 Å². The molecule has 5 nitrogen and oxygen atoms in total. The lowest BCUT2D eigenvalue weighted by molar-refractivity contribution is 0.477. The molecule has 0 aliphatic heterocycles. The average Bonchev–Trinajstić information content (AvgIpc) is 2.74. The second-order valence-electron chi connectivity index (χ2n) is 7.09. The van der Waals surface area contributed by atoms with Crippen molar-refractivity contribution in [2.24, 2.45) is 17.8 Å². The zero-order valence-electron chi connectivity index (χ0n) is 17.2. The predicted octanol–water partition coefficient (Wildman–Crippen LogP) is 3.26. The van der Waals surface area contributed by atoms with Gasteiger partial charge in [-0.15, -0.1) is 0 Å². The van der Waals surface area contributed by atoms with E-state index in [1.54, 1.807) is 37.1 Å². The van der Waals surface area contributed by atoms with Crippen molar-refractivity contribution in [2.45, 2.75) is 19.5 Å². The molecule has 0 bridgehead atoms. The number of hydrogen-bond acceptors (Lipinski definition) is 4. The van der Waals surface area contributed by atoms with E-state index in [1.165, 1.54) is 11.4 Å². The normalized spacial score (nSPS) is 12.4. The topological polar surface area (TPSA) is 80.6 Å². The van der Waals surface area contributed by atoms with E-state index in [2.05, 4.69) is 24.5 Å². The molecule has 0 atom stereocenters. The van der Waals surface area contributed by atoms with Crippen molar-refractivity contribution in [2.75, 3.05) is 7.05 Å². The second-order valence-corrected chi connectivity index (χ2v) is 9.94. The van der Waals surface area contributed by atoms with Crippen LogP contribution in [0.1, 0.15) is 12.5 Å². The summed E-state index contributed by atoms with van der Waals surface area (Å²) in [5.74, 6) is 0.203. The fourth-order valence-electron chi connectivity index (χ4n) is 3.43. The first-order valence-corrected chi connectivity index (χ1v) is 11.8. The SMILES string of the molecule is CC[Si](C)c1ccc(O)c(-c2cn(C)c(=O)c3ccc(C(C=NC)=CN)cc23)c1. The maximum Gasteiger partial charge on any atom is 0.258 e. The predicted molar refractivity (Wildman–Crippen MR) is 125 cm³/mol. The van der Waals surface area contributed by atoms with Crippen molar-refractivity contribution in [1.82, 2.24) is 4.57 Å². The molecular formula is C23H26N3O2Si. The van der Waals surface area contributed by atoms with E-state index >= 15 is 0 Å². The number of aromatic hydroxyl groups is 1. The van der Waals surface area contributed by atoms with E-state index in [1.807, 2.05) is 24.3 Å². The molecule has 0 saturated heterocycles. The molecule has 0 saturated carbocycles. The van der Waals surface area contributed by atoms with E-state index < -0.39 is 8.80 Å². The molecule has 1 heterocycles. The summed E-state index contributed by atoms with van der Waals surface area (Å²) in [5, 5.41) is 13.3. The van der Waals surface area contributed by atoms with Gasteiger partial charge in [-0.05, 0) is 29.1 Å². The number of aromatic nitrogens is 1. The molecule has 3 N–H and O–H groups in total. The first-order chi connectivity index (χ1) is 13.9. The van der Waals surface area contributed by atoms with E-state index in [-0.39, 0.29) is 11.3 Å². The first kappa shape index (κ1) is 20.6. The summed E-state index contributed by atoms with van der Waals surface area (Å²) in [4.78, 5) is 16.8. The van der Waals surface area contributed by atoms with E-state index in [9.17, 15) is 9.90 Å². The number of aryl methyl sites for hydroxylation is 1. The number of nitrogens with two attached hydrogens (primary N) is 1. The molecule has 0 amide bonds. The number of rotatable bonds is 5. The number of phenolic OH excluding ortho intramolecular Hbond substituents is 1. The summed E-state index contributed by atoms with van der Waals surface area (Å²) in [6, 6.07) is 12.5. The highest BCUT2D eigenvalue weighted by atomic mass is 28.3. The Hall–Kier alpha value is -3.12. The summed E-state index contributed by atoms with van der Waals surface area (Å²) >= 11 is 0. The second kappa shape index (κ2) is 8.49. The molecule has 1 aromatic heterocycles. The third-order valence-corrected chi connectivity index (χ3v) is 7.63. The summed E-state index contributed by atoms with van der Waals surface area (Å²) in [6.45, 7) is 4.45. The fourth-order valence-corrected chi connectivity index (χ4v) is 4.60. The number of nitrogens with zero attached hydrogens (tertiary/aromatic N) is 2. The number of allylic oxidation sites excluding steroid dienone is 1. The minimum atomic E-state index is -0.678. The van der Waals surface area contributed by atoms with Crippen LogP contribution >= 0.6 is 0 Å². The van der Waals surface area contributed by atoms with Crippen LogP contribution in [0.2, 0.25) is 12.6 Å². The molecule has 29 heavy (non-hydrogen) atoms. The van der Waals surface area contributed by atoms with Crippen LogP contribution in [-0.2, 0) is 7.05 Å². The number of pyridine rings is 1. The standard InChI is InChI=1S/C23H26N3O2Si/c1-5-29(4)17-7-9-22(27)20(11-17)21-14-26(3)23(28)18-8-6-15(10-19(18)21)16(12-24)13-25-2/h6-14,27H,5,24H2,1-4H3. The molecule has 0 spiro atoms. The molecule has 0 fully saturated rings. The molecule has 149 valence electrons. The Balaban J connectivity index is 2.36. The van der Waals surface area contributed by atoms with Crippen molar-refractivity contribution in [3.05, 3.63) is 64.7 Å². The smallest absolute Gasteiger partial charge is 0.258 e. The number of benzene rings is 2. The Kier molecular flexibility index (Phi) is 6.03. The van der Waals surface area contributed by atoms with Gasteiger partial charge in [0.2, 0.25) is 0 Å². The highest BCUT2D eigenvalue weighted by Gasteiger charge is 2.16. The van der Waals surface area contributed by atoms with E-state index in [0.29, 0.717) is 5.39 Å². The van der Waals surface area contributed by atoms with Crippen LogP contribution in [0.4, 0.5) is 0 Å². The number of aliphatic imine (C=N–C) groups is 1. The van der Waals surface area contributed by atoms with Crippen molar-refractivity contribution in [1.29, 1.82) is 0 Å². The summed E-state index contributed by atoms with van der Waals surface area (Å²) in [5.41, 5.74) is 8.88. The Bertz CT molecular complexity index is 1180. The highest BCUT2D eigenvalue weighted by Crippen LogP contribution is 2.34. The van der Waals surface area contributed by atoms with Crippen LogP contribution in [-0.4, -0.2) is 31.7 Å². The highest BCUT2D eigenvalue weighted by molar-refractivity contribution is 6.72. The molecule has 0 unspecified atom stereocenters. The largest absolute Gasteiger partial charge is 0.507 e. The van der Waals surface area contributed by atoms with Crippen LogP contribution in [0.3, 0.4) is 0 Å². The van der Waals surface area contributed by atoms with E-state index in [4.69, 9.17) is 5.73 Å². The molecule has 3 rings (SSSR count). The maximum absolute atomic E-state index is 12.7. The molecule has 3 aromatic rings. The van der Waals surface area contributed by atoms with Crippen molar-refractivity contribution in [3.8, 4) is 16.9 Å². The van der Waals surface area contributed by atoms with Gasteiger partial charge in [0.05, 0.1) is 8.80 Å². The van der Waals surface area contributed by atoms with Crippen molar-refractivity contribution in [3.63, 3.8) is 0 Å². The molecule has 0 aliphatic carbocycles. The zero-order valence-corrected chi connectivity index (χ0v) is 18.2. The molecule has 6 heteroatoms. The lowest BCUT2D eigenvalue weighted by atomic mass is 9.96. The number of hydrogen-bond donors (Lipinski definition) is 2. The van der Waals surface area contributed by atoms with Gasteiger partial charge in [0.15, 0.2) is 0 Å². The summed E-state index contributed by atoms with van der Waals surface area (Å²) in [7, 11) is 2.74. The Morgan fingerprint density at radius 2 is 1.97 bits per heavy atom. The van der Waals surface area contributed by atoms with Gasteiger partial charge in [0, 0.05) is 54.8 Å². The Morgan fingerprint density at radius 1 is 1.21 bits per heavy atom. The fraction of sp³-hybridized carbons (Fsp3) is 0.217. The number of phenols is 1. The molecular weight excluding hydrogens is 378 g/mol. The van der Waals surface area contributed by atoms with Gasteiger partial charge in [-0.3, -0.25) is 9.79 Å². The minimum Gasteiger partial charge on any atom is -0.507 e. The van der Waals surface area contributed by atoms with Crippen LogP contribution in [0.25, 0.3) is 27.5 Å². The quantitative estimate of drug-likeness (QED) is 0.506. The van der Waals surface area contributed by atoms with Gasteiger partial charge in [-0.1, -0.05) is 42.9 Å². The van der Waals surface area contributed by atoms with Gasteiger partial charge in [-0.2, -0.15) is 0 Å².